The molecule has 2 aromatic rings. The van der Waals surface area contributed by atoms with Gasteiger partial charge in [0.25, 0.3) is 0 Å². The summed E-state index contributed by atoms with van der Waals surface area (Å²) in [5, 5.41) is 0. The maximum Gasteiger partial charge on any atom is 0.344 e. The monoisotopic (exact) mass is 319 g/mol. The van der Waals surface area contributed by atoms with Gasteiger partial charge in [-0.15, -0.1) is 0 Å². The quantitative estimate of drug-likeness (QED) is 0.686. The Morgan fingerprint density at radius 3 is 1.59 bits per heavy atom. The van der Waals surface area contributed by atoms with E-state index >= 15 is 0 Å². The van der Waals surface area contributed by atoms with Gasteiger partial charge >= 0.3 is 7.60 Å². The minimum Gasteiger partial charge on any atom is -0.311 e. The van der Waals surface area contributed by atoms with Crippen molar-refractivity contribution in [2.45, 2.75) is 13.1 Å². The molecule has 0 amide bonds. The van der Waals surface area contributed by atoms with Crippen LogP contribution in [0.15, 0.2) is 60.7 Å². The van der Waals surface area contributed by atoms with Crippen LogP contribution in [0.2, 0.25) is 0 Å². The summed E-state index contributed by atoms with van der Waals surface area (Å²) in [6.45, 7) is 1.37. The molecule has 0 atom stereocenters. The molecule has 2 aromatic carbocycles. The largest absolute Gasteiger partial charge is 0.344 e. The number of benzene rings is 2. The Labute approximate surface area is 132 Å². The van der Waals surface area contributed by atoms with E-state index in [9.17, 15) is 4.57 Å². The highest BCUT2D eigenvalue weighted by atomic mass is 31.2. The minimum absolute atomic E-state index is 0.254. The maximum absolute atomic E-state index is 12.5. The predicted octanol–water partition coefficient (Wildman–Crippen LogP) is 4.13. The van der Waals surface area contributed by atoms with Gasteiger partial charge in [0.15, 0.2) is 0 Å². The standard InChI is InChI=1S/C17H22NO3P/c1-20-22(19,21-2)15-18(13-16-9-5-3-6-10-16)14-17-11-7-4-8-12-17/h3-12H,13-15H2,1-2H3. The lowest BCUT2D eigenvalue weighted by molar-refractivity contribution is 0.226. The molecule has 0 saturated heterocycles. The molecule has 0 unspecified atom stereocenters. The third-order valence-corrected chi connectivity index (χ3v) is 5.29. The molecule has 0 spiro atoms. The second kappa shape index (κ2) is 8.25. The van der Waals surface area contributed by atoms with Crippen molar-refractivity contribution in [1.82, 2.24) is 4.90 Å². The number of rotatable bonds is 8. The Morgan fingerprint density at radius 1 is 0.818 bits per heavy atom. The van der Waals surface area contributed by atoms with Crippen molar-refractivity contribution in [2.75, 3.05) is 20.5 Å². The van der Waals surface area contributed by atoms with Crippen molar-refractivity contribution in [3.63, 3.8) is 0 Å². The third-order valence-electron chi connectivity index (χ3n) is 3.43. The summed E-state index contributed by atoms with van der Waals surface area (Å²) in [5.41, 5.74) is 2.33. The number of hydrogen-bond donors (Lipinski definition) is 0. The van der Waals surface area contributed by atoms with E-state index in [1.165, 1.54) is 14.2 Å². The van der Waals surface area contributed by atoms with Crippen LogP contribution < -0.4 is 0 Å². The van der Waals surface area contributed by atoms with E-state index in [1.807, 2.05) is 36.4 Å². The van der Waals surface area contributed by atoms with Crippen molar-refractivity contribution >= 4 is 7.60 Å². The summed E-state index contributed by atoms with van der Waals surface area (Å²) >= 11 is 0. The number of nitrogens with zero attached hydrogens (tertiary/aromatic N) is 1. The first-order valence-electron chi connectivity index (χ1n) is 7.16. The first kappa shape index (κ1) is 16.9. The first-order chi connectivity index (χ1) is 10.6. The summed E-state index contributed by atoms with van der Waals surface area (Å²) in [6, 6.07) is 20.2. The summed E-state index contributed by atoms with van der Waals surface area (Å²) in [5.74, 6) is 0. The van der Waals surface area contributed by atoms with Gasteiger partial charge in [-0.2, -0.15) is 0 Å². The summed E-state index contributed by atoms with van der Waals surface area (Å²) in [6.07, 6.45) is 0.254. The molecule has 0 aliphatic carbocycles. The molecular weight excluding hydrogens is 297 g/mol. The molecule has 22 heavy (non-hydrogen) atoms. The van der Waals surface area contributed by atoms with Crippen LogP contribution in [-0.2, 0) is 26.7 Å². The molecule has 0 aromatic heterocycles. The van der Waals surface area contributed by atoms with E-state index in [4.69, 9.17) is 9.05 Å². The SMILES string of the molecule is COP(=O)(CN(Cc1ccccc1)Cc1ccccc1)OC. The van der Waals surface area contributed by atoms with E-state index in [2.05, 4.69) is 29.2 Å². The maximum atomic E-state index is 12.5. The number of hydrogen-bond acceptors (Lipinski definition) is 4. The van der Waals surface area contributed by atoms with E-state index in [0.29, 0.717) is 13.1 Å². The molecule has 118 valence electrons. The van der Waals surface area contributed by atoms with Crippen LogP contribution in [-0.4, -0.2) is 25.4 Å². The van der Waals surface area contributed by atoms with Gasteiger partial charge in [0.2, 0.25) is 0 Å². The average Bonchev–Trinajstić information content (AvgIpc) is 2.56. The van der Waals surface area contributed by atoms with Gasteiger partial charge in [-0.25, -0.2) is 0 Å². The minimum atomic E-state index is -3.09. The van der Waals surface area contributed by atoms with E-state index in [1.54, 1.807) is 0 Å². The molecular formula is C17H22NO3P. The van der Waals surface area contributed by atoms with Gasteiger partial charge in [0.05, 0.1) is 0 Å². The van der Waals surface area contributed by atoms with Gasteiger partial charge in [0.1, 0.15) is 6.29 Å². The third kappa shape index (κ3) is 5.08. The molecule has 0 aliphatic rings. The Bertz CT molecular complexity index is 554. The van der Waals surface area contributed by atoms with Gasteiger partial charge in [0, 0.05) is 27.3 Å². The highest BCUT2D eigenvalue weighted by Gasteiger charge is 2.25. The summed E-state index contributed by atoms with van der Waals surface area (Å²) < 4.78 is 22.6. The fourth-order valence-corrected chi connectivity index (χ4v) is 3.34. The lowest BCUT2D eigenvalue weighted by Gasteiger charge is -2.25. The zero-order valence-corrected chi connectivity index (χ0v) is 13.9. The Balaban J connectivity index is 2.15. The van der Waals surface area contributed by atoms with Gasteiger partial charge in [-0.3, -0.25) is 9.46 Å². The van der Waals surface area contributed by atoms with Crippen LogP contribution in [0.1, 0.15) is 11.1 Å². The van der Waals surface area contributed by atoms with E-state index in [0.717, 1.165) is 11.1 Å². The Morgan fingerprint density at radius 2 is 1.23 bits per heavy atom. The van der Waals surface area contributed by atoms with Gasteiger partial charge < -0.3 is 9.05 Å². The van der Waals surface area contributed by atoms with Crippen LogP contribution in [0.4, 0.5) is 0 Å². The van der Waals surface area contributed by atoms with Gasteiger partial charge in [-0.05, 0) is 11.1 Å². The normalized spacial score (nSPS) is 11.8. The average molecular weight is 319 g/mol. The van der Waals surface area contributed by atoms with Crippen molar-refractivity contribution < 1.29 is 13.6 Å². The zero-order valence-electron chi connectivity index (χ0n) is 13.0. The fraction of sp³-hybridized carbons (Fsp3) is 0.294. The van der Waals surface area contributed by atoms with Gasteiger partial charge in [-0.1, -0.05) is 60.7 Å². The molecule has 0 aliphatic heterocycles. The van der Waals surface area contributed by atoms with Crippen LogP contribution in [0.5, 0.6) is 0 Å². The highest BCUT2D eigenvalue weighted by molar-refractivity contribution is 7.53. The molecule has 0 heterocycles. The van der Waals surface area contributed by atoms with E-state index in [-0.39, 0.29) is 6.29 Å². The molecule has 0 fully saturated rings. The van der Waals surface area contributed by atoms with Crippen LogP contribution in [0.25, 0.3) is 0 Å². The lowest BCUT2D eigenvalue weighted by atomic mass is 10.2. The highest BCUT2D eigenvalue weighted by Crippen LogP contribution is 2.47. The molecule has 0 N–H and O–H groups in total. The zero-order chi connectivity index (χ0) is 15.8. The van der Waals surface area contributed by atoms with Crippen LogP contribution in [0, 0.1) is 0 Å². The van der Waals surface area contributed by atoms with Crippen molar-refractivity contribution in [3.8, 4) is 0 Å². The van der Waals surface area contributed by atoms with Crippen molar-refractivity contribution in [1.29, 1.82) is 0 Å². The van der Waals surface area contributed by atoms with Crippen LogP contribution >= 0.6 is 7.60 Å². The smallest absolute Gasteiger partial charge is 0.311 e. The second-order valence-electron chi connectivity index (χ2n) is 5.08. The van der Waals surface area contributed by atoms with E-state index < -0.39 is 7.60 Å². The second-order valence-corrected chi connectivity index (χ2v) is 7.31. The Kier molecular flexibility index (Phi) is 6.34. The Hall–Kier alpha value is -1.45. The molecule has 5 heteroatoms. The first-order valence-corrected chi connectivity index (χ1v) is 8.89. The molecule has 0 radical (unpaired) electrons. The summed E-state index contributed by atoms with van der Waals surface area (Å²) in [4.78, 5) is 2.08. The molecule has 0 saturated carbocycles. The van der Waals surface area contributed by atoms with Crippen molar-refractivity contribution in [2.24, 2.45) is 0 Å². The predicted molar refractivity (Wildman–Crippen MR) is 88.6 cm³/mol. The molecule has 2 rings (SSSR count). The van der Waals surface area contributed by atoms with Crippen molar-refractivity contribution in [3.05, 3.63) is 71.8 Å². The van der Waals surface area contributed by atoms with Crippen LogP contribution in [0.3, 0.4) is 0 Å². The lowest BCUT2D eigenvalue weighted by Crippen LogP contribution is -2.24. The topological polar surface area (TPSA) is 38.8 Å². The molecule has 4 nitrogen and oxygen atoms in total. The molecule has 0 bridgehead atoms. The fourth-order valence-electron chi connectivity index (χ4n) is 2.27. The summed E-state index contributed by atoms with van der Waals surface area (Å²) in [7, 11) is -0.237.